The first-order valence-corrected chi connectivity index (χ1v) is 10.5. The van der Waals surface area contributed by atoms with Crippen LogP contribution in [0.4, 0.5) is 11.4 Å². The van der Waals surface area contributed by atoms with Gasteiger partial charge in [-0.05, 0) is 31.0 Å². The van der Waals surface area contributed by atoms with E-state index < -0.39 is 14.9 Å². The Kier molecular flexibility index (Phi) is 6.08. The molecule has 0 amide bonds. The smallest absolute Gasteiger partial charge is 0.274 e. The van der Waals surface area contributed by atoms with Crippen molar-refractivity contribution in [3.8, 4) is 0 Å². The first-order valence-electron chi connectivity index (χ1n) is 9.05. The van der Waals surface area contributed by atoms with Crippen LogP contribution in [0.1, 0.15) is 31.2 Å². The number of nitrogens with one attached hydrogen (secondary N) is 1. The number of hydrogen-bond acceptors (Lipinski definition) is 5. The van der Waals surface area contributed by atoms with Crippen molar-refractivity contribution in [3.05, 3.63) is 64.2 Å². The molecule has 1 aliphatic heterocycles. The highest BCUT2D eigenvalue weighted by Crippen LogP contribution is 2.24. The van der Waals surface area contributed by atoms with Gasteiger partial charge in [-0.2, -0.15) is 4.31 Å². The van der Waals surface area contributed by atoms with E-state index in [1.165, 1.54) is 6.07 Å². The maximum absolute atomic E-state index is 12.9. The molecule has 0 aromatic heterocycles. The van der Waals surface area contributed by atoms with Crippen LogP contribution < -0.4 is 5.32 Å². The van der Waals surface area contributed by atoms with Gasteiger partial charge in [0.15, 0.2) is 0 Å². The van der Waals surface area contributed by atoms with Gasteiger partial charge in [-0.3, -0.25) is 10.1 Å². The Morgan fingerprint density at radius 2 is 1.70 bits per heavy atom. The van der Waals surface area contributed by atoms with Crippen LogP contribution in [-0.2, 0) is 16.6 Å². The van der Waals surface area contributed by atoms with Gasteiger partial charge in [-0.1, -0.05) is 37.1 Å². The number of anilines is 1. The predicted octanol–water partition coefficient (Wildman–Crippen LogP) is 3.77. The van der Waals surface area contributed by atoms with E-state index in [9.17, 15) is 18.5 Å². The molecular weight excluding hydrogens is 366 g/mol. The number of hydrogen-bond donors (Lipinski definition) is 1. The summed E-state index contributed by atoms with van der Waals surface area (Å²) < 4.78 is 27.4. The number of nitro groups is 1. The summed E-state index contributed by atoms with van der Waals surface area (Å²) in [4.78, 5) is 10.9. The molecule has 2 aromatic carbocycles. The summed E-state index contributed by atoms with van der Waals surface area (Å²) >= 11 is 0. The first-order chi connectivity index (χ1) is 13.0. The molecule has 8 heteroatoms. The summed E-state index contributed by atoms with van der Waals surface area (Å²) in [6, 6.07) is 13.1. The van der Waals surface area contributed by atoms with Crippen LogP contribution in [0.3, 0.4) is 0 Å². The molecule has 144 valence electrons. The zero-order valence-corrected chi connectivity index (χ0v) is 15.8. The zero-order valence-electron chi connectivity index (χ0n) is 15.0. The number of benzene rings is 2. The highest BCUT2D eigenvalue weighted by molar-refractivity contribution is 7.89. The van der Waals surface area contributed by atoms with Crippen LogP contribution in [-0.4, -0.2) is 30.7 Å². The van der Waals surface area contributed by atoms with E-state index >= 15 is 0 Å². The van der Waals surface area contributed by atoms with E-state index in [4.69, 9.17) is 0 Å². The summed E-state index contributed by atoms with van der Waals surface area (Å²) in [6.07, 6.45) is 3.89. The molecule has 1 N–H and O–H groups in total. The highest BCUT2D eigenvalue weighted by atomic mass is 32.2. The standard InChI is InChI=1S/C19H23N3O4S/c23-22(24)19-11-4-3-8-16(19)15-20-17-9-7-10-18(14-17)27(25,26)21-12-5-1-2-6-13-21/h3-4,7-11,14,20H,1-2,5-6,12-13,15H2. The summed E-state index contributed by atoms with van der Waals surface area (Å²) in [5.74, 6) is 0. The van der Waals surface area contributed by atoms with E-state index in [-0.39, 0.29) is 17.1 Å². The third kappa shape index (κ3) is 4.64. The maximum atomic E-state index is 12.9. The second-order valence-electron chi connectivity index (χ2n) is 6.59. The van der Waals surface area contributed by atoms with Crippen molar-refractivity contribution in [2.75, 3.05) is 18.4 Å². The van der Waals surface area contributed by atoms with Crippen LogP contribution >= 0.6 is 0 Å². The normalized spacial score (nSPS) is 15.9. The van der Waals surface area contributed by atoms with Crippen LogP contribution in [0.5, 0.6) is 0 Å². The van der Waals surface area contributed by atoms with E-state index in [1.807, 2.05) is 0 Å². The van der Waals surface area contributed by atoms with Gasteiger partial charge in [0, 0.05) is 37.0 Å². The Balaban J connectivity index is 1.77. The molecule has 1 fully saturated rings. The SMILES string of the molecule is O=[N+]([O-])c1ccccc1CNc1cccc(S(=O)(=O)N2CCCCCC2)c1. The molecule has 0 spiro atoms. The molecule has 0 bridgehead atoms. The lowest BCUT2D eigenvalue weighted by atomic mass is 10.2. The van der Waals surface area contributed by atoms with Crippen molar-refractivity contribution in [3.63, 3.8) is 0 Å². The van der Waals surface area contributed by atoms with Gasteiger partial charge in [-0.15, -0.1) is 0 Å². The summed E-state index contributed by atoms with van der Waals surface area (Å²) in [7, 11) is -3.53. The largest absolute Gasteiger partial charge is 0.381 e. The number of nitro benzene ring substituents is 1. The van der Waals surface area contributed by atoms with E-state index in [0.29, 0.717) is 24.3 Å². The van der Waals surface area contributed by atoms with Crippen LogP contribution in [0.25, 0.3) is 0 Å². The molecule has 0 unspecified atom stereocenters. The third-order valence-electron chi connectivity index (χ3n) is 4.71. The van der Waals surface area contributed by atoms with Crippen molar-refractivity contribution in [1.82, 2.24) is 4.31 Å². The lowest BCUT2D eigenvalue weighted by Crippen LogP contribution is -2.31. The van der Waals surface area contributed by atoms with Crippen molar-refractivity contribution in [1.29, 1.82) is 0 Å². The number of sulfonamides is 1. The molecule has 27 heavy (non-hydrogen) atoms. The van der Waals surface area contributed by atoms with Gasteiger partial charge >= 0.3 is 0 Å². The van der Waals surface area contributed by atoms with Gasteiger partial charge in [-0.25, -0.2) is 8.42 Å². The molecule has 7 nitrogen and oxygen atoms in total. The minimum absolute atomic E-state index is 0.0401. The molecule has 0 radical (unpaired) electrons. The predicted molar refractivity (Wildman–Crippen MR) is 104 cm³/mol. The molecular formula is C19H23N3O4S. The zero-order chi connectivity index (χ0) is 19.3. The van der Waals surface area contributed by atoms with Gasteiger partial charge in [0.2, 0.25) is 10.0 Å². The minimum atomic E-state index is -3.53. The lowest BCUT2D eigenvalue weighted by Gasteiger charge is -2.20. The molecule has 1 saturated heterocycles. The molecule has 2 aromatic rings. The molecule has 3 rings (SSSR count). The average molecular weight is 389 g/mol. The second-order valence-corrected chi connectivity index (χ2v) is 8.52. The maximum Gasteiger partial charge on any atom is 0.274 e. The summed E-state index contributed by atoms with van der Waals surface area (Å²) in [6.45, 7) is 1.34. The Morgan fingerprint density at radius 3 is 2.41 bits per heavy atom. The Bertz CT molecular complexity index is 907. The van der Waals surface area contributed by atoms with E-state index in [0.717, 1.165) is 25.7 Å². The average Bonchev–Trinajstić information content (AvgIpc) is 2.97. The third-order valence-corrected chi connectivity index (χ3v) is 6.60. The van der Waals surface area contributed by atoms with E-state index in [1.54, 1.807) is 46.8 Å². The van der Waals surface area contributed by atoms with Crippen LogP contribution in [0, 0.1) is 10.1 Å². The fraction of sp³-hybridized carbons (Fsp3) is 0.368. The Labute approximate surface area is 159 Å². The van der Waals surface area contributed by atoms with Crippen LogP contribution in [0.15, 0.2) is 53.4 Å². The van der Waals surface area contributed by atoms with Crippen molar-refractivity contribution in [2.24, 2.45) is 0 Å². The monoisotopic (exact) mass is 389 g/mol. The summed E-state index contributed by atoms with van der Waals surface area (Å²) in [5, 5.41) is 14.2. The van der Waals surface area contributed by atoms with Gasteiger partial charge < -0.3 is 5.32 Å². The Hall–Kier alpha value is -2.45. The topological polar surface area (TPSA) is 92.5 Å². The highest BCUT2D eigenvalue weighted by Gasteiger charge is 2.25. The van der Waals surface area contributed by atoms with E-state index in [2.05, 4.69) is 5.32 Å². The molecule has 0 atom stereocenters. The number of nitrogens with zero attached hydrogens (tertiary/aromatic N) is 2. The number of rotatable bonds is 6. The molecule has 0 aliphatic carbocycles. The Morgan fingerprint density at radius 1 is 1.00 bits per heavy atom. The van der Waals surface area contributed by atoms with Crippen LogP contribution in [0.2, 0.25) is 0 Å². The fourth-order valence-corrected chi connectivity index (χ4v) is 4.80. The van der Waals surface area contributed by atoms with Gasteiger partial charge in [0.1, 0.15) is 0 Å². The first kappa shape index (κ1) is 19.3. The van der Waals surface area contributed by atoms with Crippen molar-refractivity contribution in [2.45, 2.75) is 37.1 Å². The molecule has 0 saturated carbocycles. The fourth-order valence-electron chi connectivity index (χ4n) is 3.23. The van der Waals surface area contributed by atoms with Crippen molar-refractivity contribution >= 4 is 21.4 Å². The minimum Gasteiger partial charge on any atom is -0.381 e. The lowest BCUT2D eigenvalue weighted by molar-refractivity contribution is -0.385. The quantitative estimate of drug-likeness (QED) is 0.600. The van der Waals surface area contributed by atoms with Gasteiger partial charge in [0.05, 0.1) is 9.82 Å². The molecule has 1 heterocycles. The van der Waals surface area contributed by atoms with Gasteiger partial charge in [0.25, 0.3) is 5.69 Å². The number of para-hydroxylation sites is 1. The second kappa shape index (κ2) is 8.49. The van der Waals surface area contributed by atoms with Crippen molar-refractivity contribution < 1.29 is 13.3 Å². The summed E-state index contributed by atoms with van der Waals surface area (Å²) in [5.41, 5.74) is 1.20. The molecule has 1 aliphatic rings.